The molecule has 5 nitrogen and oxygen atoms in total. The number of aliphatic hydroxyl groups is 1. The molecule has 1 aliphatic rings. The number of halogens is 1. The number of rotatable bonds is 4. The number of methoxy groups -OCH3 is 1. The first-order valence-corrected chi connectivity index (χ1v) is 9.69. The van der Waals surface area contributed by atoms with Crippen LogP contribution in [-0.4, -0.2) is 23.9 Å². The highest BCUT2D eigenvalue weighted by atomic mass is 19.1. The van der Waals surface area contributed by atoms with Crippen LogP contribution < -0.4 is 9.64 Å². The fourth-order valence-electron chi connectivity index (χ4n) is 3.83. The standard InChI is InChI=1S/C25H20FNO4/c1-15-14-17(10-13-20(15)31-2)23(28)21-22(16-8-11-18(26)12-9-16)27(25(30)24(21)29)19-6-4-3-5-7-19/h3-14,22,28H,1-2H3/b23-21-. The number of para-hydroxylation sites is 1. The zero-order valence-electron chi connectivity index (χ0n) is 17.0. The number of carbonyl (C=O) groups is 2. The predicted octanol–water partition coefficient (Wildman–Crippen LogP) is 4.77. The van der Waals surface area contributed by atoms with Crippen LogP contribution in [0.4, 0.5) is 10.1 Å². The van der Waals surface area contributed by atoms with Gasteiger partial charge < -0.3 is 9.84 Å². The van der Waals surface area contributed by atoms with E-state index in [1.807, 2.05) is 6.92 Å². The molecule has 1 aliphatic heterocycles. The Morgan fingerprint density at radius 3 is 2.29 bits per heavy atom. The van der Waals surface area contributed by atoms with E-state index < -0.39 is 23.5 Å². The summed E-state index contributed by atoms with van der Waals surface area (Å²) in [5.41, 5.74) is 2.11. The van der Waals surface area contributed by atoms with Gasteiger partial charge in [0.25, 0.3) is 11.7 Å². The van der Waals surface area contributed by atoms with Crippen molar-refractivity contribution in [2.75, 3.05) is 12.0 Å². The number of aliphatic hydroxyl groups excluding tert-OH is 1. The Morgan fingerprint density at radius 2 is 1.68 bits per heavy atom. The molecule has 0 saturated carbocycles. The molecular formula is C25H20FNO4. The molecule has 1 atom stereocenters. The quantitative estimate of drug-likeness (QED) is 0.377. The maximum atomic E-state index is 13.6. The molecule has 0 aliphatic carbocycles. The summed E-state index contributed by atoms with van der Waals surface area (Å²) in [7, 11) is 1.54. The Kier molecular flexibility index (Phi) is 5.29. The molecule has 1 heterocycles. The highest BCUT2D eigenvalue weighted by Gasteiger charge is 2.46. The van der Waals surface area contributed by atoms with Crippen LogP contribution in [0.5, 0.6) is 5.75 Å². The third-order valence-corrected chi connectivity index (χ3v) is 5.33. The summed E-state index contributed by atoms with van der Waals surface area (Å²) in [6.07, 6.45) is 0. The van der Waals surface area contributed by atoms with Crippen LogP contribution in [0.25, 0.3) is 5.76 Å². The molecule has 1 fully saturated rings. The molecule has 156 valence electrons. The van der Waals surface area contributed by atoms with E-state index in [0.29, 0.717) is 22.6 Å². The average Bonchev–Trinajstić information content (AvgIpc) is 3.05. The molecule has 1 saturated heterocycles. The number of hydrogen-bond acceptors (Lipinski definition) is 4. The van der Waals surface area contributed by atoms with Crippen molar-refractivity contribution in [2.45, 2.75) is 13.0 Å². The summed E-state index contributed by atoms with van der Waals surface area (Å²) in [6.45, 7) is 1.82. The summed E-state index contributed by atoms with van der Waals surface area (Å²) in [5.74, 6) is -1.66. The van der Waals surface area contributed by atoms with Crippen molar-refractivity contribution in [2.24, 2.45) is 0 Å². The highest BCUT2D eigenvalue weighted by Crippen LogP contribution is 2.42. The molecule has 0 spiro atoms. The van der Waals surface area contributed by atoms with Gasteiger partial charge >= 0.3 is 0 Å². The predicted molar refractivity (Wildman–Crippen MR) is 115 cm³/mol. The van der Waals surface area contributed by atoms with Crippen molar-refractivity contribution >= 4 is 23.1 Å². The van der Waals surface area contributed by atoms with Gasteiger partial charge in [-0.25, -0.2) is 4.39 Å². The lowest BCUT2D eigenvalue weighted by molar-refractivity contribution is -0.132. The van der Waals surface area contributed by atoms with Crippen LogP contribution in [-0.2, 0) is 9.59 Å². The third kappa shape index (κ3) is 3.57. The van der Waals surface area contributed by atoms with E-state index >= 15 is 0 Å². The van der Waals surface area contributed by atoms with Gasteiger partial charge in [-0.1, -0.05) is 30.3 Å². The number of benzene rings is 3. The van der Waals surface area contributed by atoms with Gasteiger partial charge in [-0.2, -0.15) is 0 Å². The first kappa shape index (κ1) is 20.3. The molecule has 3 aromatic carbocycles. The number of ketones is 1. The monoisotopic (exact) mass is 417 g/mol. The third-order valence-electron chi connectivity index (χ3n) is 5.33. The van der Waals surface area contributed by atoms with Gasteiger partial charge in [0.1, 0.15) is 17.3 Å². The molecule has 31 heavy (non-hydrogen) atoms. The number of carbonyl (C=O) groups excluding carboxylic acids is 2. The zero-order chi connectivity index (χ0) is 22.1. The first-order valence-electron chi connectivity index (χ1n) is 9.69. The van der Waals surface area contributed by atoms with E-state index in [1.165, 1.54) is 29.2 Å². The number of Topliss-reactive ketones (excluding diaryl/α,β-unsaturated/α-hetero) is 1. The Bertz CT molecular complexity index is 1190. The first-order chi connectivity index (χ1) is 14.9. The van der Waals surface area contributed by atoms with E-state index in [0.717, 1.165) is 5.56 Å². The molecule has 1 amide bonds. The number of hydrogen-bond donors (Lipinski definition) is 1. The van der Waals surface area contributed by atoms with Crippen LogP contribution in [0, 0.1) is 12.7 Å². The topological polar surface area (TPSA) is 66.8 Å². The summed E-state index contributed by atoms with van der Waals surface area (Å²) >= 11 is 0. The van der Waals surface area contributed by atoms with Gasteiger partial charge in [0.05, 0.1) is 18.7 Å². The lowest BCUT2D eigenvalue weighted by Crippen LogP contribution is -2.29. The van der Waals surface area contributed by atoms with Crippen molar-refractivity contribution < 1.29 is 23.8 Å². The van der Waals surface area contributed by atoms with Crippen molar-refractivity contribution in [1.29, 1.82) is 0 Å². The van der Waals surface area contributed by atoms with Crippen LogP contribution in [0.2, 0.25) is 0 Å². The van der Waals surface area contributed by atoms with Crippen molar-refractivity contribution in [3.05, 3.63) is 101 Å². The lowest BCUT2D eigenvalue weighted by Gasteiger charge is -2.25. The van der Waals surface area contributed by atoms with E-state index in [-0.39, 0.29) is 11.3 Å². The van der Waals surface area contributed by atoms with Crippen molar-refractivity contribution in [3.8, 4) is 5.75 Å². The molecule has 3 aromatic rings. The van der Waals surface area contributed by atoms with Crippen LogP contribution in [0.1, 0.15) is 22.7 Å². The normalized spacial score (nSPS) is 17.8. The van der Waals surface area contributed by atoms with Gasteiger partial charge in [0.2, 0.25) is 0 Å². The summed E-state index contributed by atoms with van der Waals surface area (Å²) in [4.78, 5) is 27.4. The van der Waals surface area contributed by atoms with E-state index in [2.05, 4.69) is 0 Å². The van der Waals surface area contributed by atoms with E-state index in [9.17, 15) is 19.1 Å². The second-order valence-electron chi connectivity index (χ2n) is 7.24. The van der Waals surface area contributed by atoms with Crippen LogP contribution in [0.3, 0.4) is 0 Å². The van der Waals surface area contributed by atoms with Gasteiger partial charge in [-0.15, -0.1) is 0 Å². The fourth-order valence-corrected chi connectivity index (χ4v) is 3.83. The van der Waals surface area contributed by atoms with Crippen LogP contribution >= 0.6 is 0 Å². The van der Waals surface area contributed by atoms with Gasteiger partial charge in [-0.05, 0) is 60.5 Å². The molecule has 4 rings (SSSR count). The Labute approximate surface area is 179 Å². The fraction of sp³-hybridized carbons (Fsp3) is 0.120. The average molecular weight is 417 g/mol. The molecule has 1 unspecified atom stereocenters. The van der Waals surface area contributed by atoms with Gasteiger partial charge in [0.15, 0.2) is 0 Å². The number of nitrogens with zero attached hydrogens (tertiary/aromatic N) is 1. The minimum absolute atomic E-state index is 0.0509. The molecule has 0 radical (unpaired) electrons. The number of ether oxygens (including phenoxy) is 1. The smallest absolute Gasteiger partial charge is 0.300 e. The van der Waals surface area contributed by atoms with E-state index in [1.54, 1.807) is 55.6 Å². The number of anilines is 1. The summed E-state index contributed by atoms with van der Waals surface area (Å²) in [5, 5.41) is 11.1. The maximum Gasteiger partial charge on any atom is 0.300 e. The lowest BCUT2D eigenvalue weighted by atomic mass is 9.94. The minimum atomic E-state index is -0.898. The van der Waals surface area contributed by atoms with Gasteiger partial charge in [0, 0.05) is 11.3 Å². The SMILES string of the molecule is COc1ccc(/C(O)=C2/C(=O)C(=O)N(c3ccccc3)C2c2ccc(F)cc2)cc1C. The molecule has 1 N–H and O–H groups in total. The molecule has 0 aromatic heterocycles. The zero-order valence-corrected chi connectivity index (χ0v) is 17.0. The number of aryl methyl sites for hydroxylation is 1. The Hall–Kier alpha value is -3.93. The largest absolute Gasteiger partial charge is 0.507 e. The number of amides is 1. The Balaban J connectivity index is 1.93. The van der Waals surface area contributed by atoms with E-state index in [4.69, 9.17) is 4.74 Å². The molecule has 0 bridgehead atoms. The molecular weight excluding hydrogens is 397 g/mol. The van der Waals surface area contributed by atoms with Crippen molar-refractivity contribution in [3.63, 3.8) is 0 Å². The minimum Gasteiger partial charge on any atom is -0.507 e. The molecule has 6 heteroatoms. The maximum absolute atomic E-state index is 13.6. The van der Waals surface area contributed by atoms with Crippen LogP contribution in [0.15, 0.2) is 78.4 Å². The Morgan fingerprint density at radius 1 is 1.00 bits per heavy atom. The second-order valence-corrected chi connectivity index (χ2v) is 7.24. The summed E-state index contributed by atoms with van der Waals surface area (Å²) in [6, 6.07) is 18.4. The summed E-state index contributed by atoms with van der Waals surface area (Å²) < 4.78 is 18.8. The second kappa shape index (κ2) is 8.07. The van der Waals surface area contributed by atoms with Crippen molar-refractivity contribution in [1.82, 2.24) is 0 Å². The highest BCUT2D eigenvalue weighted by molar-refractivity contribution is 6.51. The van der Waals surface area contributed by atoms with Gasteiger partial charge in [-0.3, -0.25) is 14.5 Å².